The lowest BCUT2D eigenvalue weighted by atomic mass is 9.77. The highest BCUT2D eigenvalue weighted by Gasteiger charge is 2.48. The fourth-order valence-corrected chi connectivity index (χ4v) is 6.11. The van der Waals surface area contributed by atoms with Crippen molar-refractivity contribution in [3.63, 3.8) is 0 Å². The van der Waals surface area contributed by atoms with Crippen molar-refractivity contribution >= 4 is 35.0 Å². The zero-order valence-corrected chi connectivity index (χ0v) is 23.0. The smallest absolute Gasteiger partial charge is 0.228 e. The minimum absolute atomic E-state index is 0.0228. The van der Waals surface area contributed by atoms with E-state index < -0.39 is 0 Å². The Hall–Kier alpha value is -2.31. The first-order chi connectivity index (χ1) is 17.7. The number of carbonyl (C=O) groups is 2. The molecule has 0 spiro atoms. The maximum absolute atomic E-state index is 13.6. The summed E-state index contributed by atoms with van der Waals surface area (Å²) in [6, 6.07) is 11.5. The lowest BCUT2D eigenvalue weighted by Gasteiger charge is -2.43. The van der Waals surface area contributed by atoms with Crippen LogP contribution in [-0.4, -0.2) is 58.9 Å². The number of carbonyl (C=O) groups excluding carboxylic acids is 2. The third-order valence-corrected chi connectivity index (χ3v) is 9.01. The predicted octanol–water partition coefficient (Wildman–Crippen LogP) is 5.83. The van der Waals surface area contributed by atoms with Crippen molar-refractivity contribution in [2.75, 3.05) is 26.2 Å². The number of hydrogen-bond acceptors (Lipinski definition) is 4. The summed E-state index contributed by atoms with van der Waals surface area (Å²) in [5.74, 6) is 1.34. The van der Waals surface area contributed by atoms with Gasteiger partial charge >= 0.3 is 0 Å². The van der Waals surface area contributed by atoms with Crippen LogP contribution in [0.4, 0.5) is 0 Å². The standard InChI is InChI=1S/C29H35Cl2N3O3/c1-19(37-26-8-7-23(31)17-32-26)24-11-16-34(18-25(24)20-3-5-22(30)6-4-20)27(35)21-9-14-33(15-10-21)28(36)29(2)12-13-29/h3-8,17,19,21,24-25H,9-16,18H2,1-2H3/t19-,24?,25?/m1/s1. The number of benzene rings is 1. The Labute approximate surface area is 229 Å². The molecular formula is C29H35Cl2N3O3. The first kappa shape index (κ1) is 26.3. The fourth-order valence-electron chi connectivity index (χ4n) is 5.88. The van der Waals surface area contributed by atoms with Crippen molar-refractivity contribution in [3.05, 3.63) is 58.2 Å². The molecule has 1 aromatic carbocycles. The Morgan fingerprint density at radius 3 is 2.24 bits per heavy atom. The van der Waals surface area contributed by atoms with Gasteiger partial charge in [-0.05, 0) is 62.8 Å². The Kier molecular flexibility index (Phi) is 7.69. The fraction of sp³-hybridized carbons (Fsp3) is 0.552. The van der Waals surface area contributed by atoms with Crippen molar-refractivity contribution in [1.29, 1.82) is 0 Å². The molecule has 37 heavy (non-hydrogen) atoms. The van der Waals surface area contributed by atoms with Crippen LogP contribution in [0, 0.1) is 17.3 Å². The number of halogens is 2. The van der Waals surface area contributed by atoms with Crippen LogP contribution in [0.2, 0.25) is 10.0 Å². The number of nitrogens with zero attached hydrogens (tertiary/aromatic N) is 3. The van der Waals surface area contributed by atoms with E-state index in [2.05, 4.69) is 31.0 Å². The van der Waals surface area contributed by atoms with Gasteiger partial charge in [0.15, 0.2) is 0 Å². The van der Waals surface area contributed by atoms with Gasteiger partial charge in [0.25, 0.3) is 0 Å². The largest absolute Gasteiger partial charge is 0.474 e. The Morgan fingerprint density at radius 1 is 0.973 bits per heavy atom. The van der Waals surface area contributed by atoms with E-state index in [9.17, 15) is 9.59 Å². The summed E-state index contributed by atoms with van der Waals surface area (Å²) in [7, 11) is 0. The molecule has 2 aliphatic heterocycles. The van der Waals surface area contributed by atoms with Crippen LogP contribution in [0.5, 0.6) is 5.88 Å². The van der Waals surface area contributed by atoms with Crippen LogP contribution in [0.1, 0.15) is 57.4 Å². The normalized spacial score (nSPS) is 24.4. The molecule has 2 amide bonds. The molecule has 1 aromatic heterocycles. The minimum atomic E-state index is -0.148. The van der Waals surface area contributed by atoms with Crippen molar-refractivity contribution < 1.29 is 14.3 Å². The highest BCUT2D eigenvalue weighted by atomic mass is 35.5. The average Bonchev–Trinajstić information content (AvgIpc) is 3.67. The van der Waals surface area contributed by atoms with Crippen LogP contribution in [0.25, 0.3) is 0 Å². The van der Waals surface area contributed by atoms with E-state index >= 15 is 0 Å². The quantitative estimate of drug-likeness (QED) is 0.460. The lowest BCUT2D eigenvalue weighted by Crippen LogP contribution is -2.50. The lowest BCUT2D eigenvalue weighted by molar-refractivity contribution is -0.144. The highest BCUT2D eigenvalue weighted by Crippen LogP contribution is 2.47. The summed E-state index contributed by atoms with van der Waals surface area (Å²) in [6.45, 7) is 6.84. The number of ether oxygens (including phenoxy) is 1. The van der Waals surface area contributed by atoms with Crippen LogP contribution >= 0.6 is 23.2 Å². The summed E-state index contributed by atoms with van der Waals surface area (Å²) >= 11 is 12.2. The number of pyridine rings is 1. The molecule has 5 rings (SSSR count). The van der Waals surface area contributed by atoms with E-state index in [0.717, 1.165) is 37.7 Å². The van der Waals surface area contributed by atoms with Gasteiger partial charge in [0, 0.05) is 66.6 Å². The number of piperidine rings is 2. The molecule has 2 unspecified atom stereocenters. The van der Waals surface area contributed by atoms with E-state index in [1.54, 1.807) is 18.3 Å². The van der Waals surface area contributed by atoms with Gasteiger partial charge in [-0.2, -0.15) is 0 Å². The van der Waals surface area contributed by atoms with Gasteiger partial charge in [-0.3, -0.25) is 9.59 Å². The summed E-state index contributed by atoms with van der Waals surface area (Å²) in [6.07, 6.45) is 5.80. The Balaban J connectivity index is 1.26. The van der Waals surface area contributed by atoms with E-state index in [1.165, 1.54) is 0 Å². The minimum Gasteiger partial charge on any atom is -0.474 e. The van der Waals surface area contributed by atoms with Gasteiger partial charge in [0.1, 0.15) is 6.10 Å². The second kappa shape index (κ2) is 10.8. The van der Waals surface area contributed by atoms with E-state index in [-0.39, 0.29) is 41.1 Å². The molecule has 3 heterocycles. The molecule has 6 nitrogen and oxygen atoms in total. The van der Waals surface area contributed by atoms with Gasteiger partial charge in [-0.1, -0.05) is 42.3 Å². The molecular weight excluding hydrogens is 509 g/mol. The summed E-state index contributed by atoms with van der Waals surface area (Å²) in [5.41, 5.74) is 1.01. The molecule has 1 aliphatic carbocycles. The molecule has 198 valence electrons. The van der Waals surface area contributed by atoms with Crippen LogP contribution in [-0.2, 0) is 9.59 Å². The molecule has 8 heteroatoms. The average molecular weight is 545 g/mol. The predicted molar refractivity (Wildman–Crippen MR) is 145 cm³/mol. The van der Waals surface area contributed by atoms with Crippen molar-refractivity contribution in [2.45, 2.75) is 58.0 Å². The maximum Gasteiger partial charge on any atom is 0.228 e. The number of rotatable bonds is 6. The molecule has 3 fully saturated rings. The van der Waals surface area contributed by atoms with E-state index in [1.807, 2.05) is 21.9 Å². The van der Waals surface area contributed by atoms with Gasteiger partial charge in [0.2, 0.25) is 17.7 Å². The molecule has 0 N–H and O–H groups in total. The number of likely N-dealkylation sites (tertiary alicyclic amines) is 2. The first-order valence-electron chi connectivity index (χ1n) is 13.4. The second-order valence-corrected chi connectivity index (χ2v) is 12.0. The zero-order chi connectivity index (χ0) is 26.2. The number of hydrogen-bond donors (Lipinski definition) is 0. The van der Waals surface area contributed by atoms with Crippen LogP contribution in [0.3, 0.4) is 0 Å². The summed E-state index contributed by atoms with van der Waals surface area (Å²) < 4.78 is 6.23. The number of aromatic nitrogens is 1. The zero-order valence-electron chi connectivity index (χ0n) is 21.5. The monoisotopic (exact) mass is 543 g/mol. The van der Waals surface area contributed by atoms with Crippen molar-refractivity contribution in [1.82, 2.24) is 14.8 Å². The third kappa shape index (κ3) is 5.91. The topological polar surface area (TPSA) is 62.7 Å². The molecule has 1 saturated carbocycles. The van der Waals surface area contributed by atoms with Gasteiger partial charge in [-0.25, -0.2) is 4.98 Å². The summed E-state index contributed by atoms with van der Waals surface area (Å²) in [5, 5.41) is 1.27. The summed E-state index contributed by atoms with van der Waals surface area (Å²) in [4.78, 5) is 34.7. The SMILES string of the molecule is C[C@@H](Oc1ccc(Cl)cn1)C1CCN(C(=O)C2CCN(C(=O)C3(C)CC3)CC2)CC1c1ccc(Cl)cc1. The first-order valence-corrected chi connectivity index (χ1v) is 14.1. The van der Waals surface area contributed by atoms with Gasteiger partial charge < -0.3 is 14.5 Å². The van der Waals surface area contributed by atoms with Gasteiger partial charge in [0.05, 0.1) is 5.02 Å². The highest BCUT2D eigenvalue weighted by molar-refractivity contribution is 6.30. The Bertz CT molecular complexity index is 1110. The molecule has 3 atom stereocenters. The maximum atomic E-state index is 13.6. The molecule has 0 radical (unpaired) electrons. The molecule has 2 saturated heterocycles. The molecule has 2 aromatic rings. The van der Waals surface area contributed by atoms with Crippen molar-refractivity contribution in [2.24, 2.45) is 17.3 Å². The number of amides is 2. The van der Waals surface area contributed by atoms with Gasteiger partial charge in [-0.15, -0.1) is 0 Å². The van der Waals surface area contributed by atoms with E-state index in [4.69, 9.17) is 27.9 Å². The van der Waals surface area contributed by atoms with E-state index in [0.29, 0.717) is 42.1 Å². The third-order valence-electron chi connectivity index (χ3n) is 8.53. The van der Waals surface area contributed by atoms with Crippen LogP contribution < -0.4 is 4.74 Å². The van der Waals surface area contributed by atoms with Crippen LogP contribution in [0.15, 0.2) is 42.6 Å². The molecule has 0 bridgehead atoms. The second-order valence-electron chi connectivity index (χ2n) is 11.2. The molecule has 3 aliphatic rings. The Morgan fingerprint density at radius 2 is 1.62 bits per heavy atom. The van der Waals surface area contributed by atoms with Crippen molar-refractivity contribution in [3.8, 4) is 5.88 Å².